The molecule has 1 saturated heterocycles. The number of fused-ring (bicyclic) bond motifs is 2. The molecular weight excluding hydrogens is 338 g/mol. The van der Waals surface area contributed by atoms with E-state index in [1.54, 1.807) is 0 Å². The van der Waals surface area contributed by atoms with Crippen LogP contribution in [0.2, 0.25) is 0 Å². The van der Waals surface area contributed by atoms with E-state index in [1.165, 1.54) is 12.8 Å². The summed E-state index contributed by atoms with van der Waals surface area (Å²) in [6, 6.07) is 8.39. The van der Waals surface area contributed by atoms with Crippen molar-refractivity contribution in [3.63, 3.8) is 0 Å². The Morgan fingerprint density at radius 1 is 1.22 bits per heavy atom. The monoisotopic (exact) mass is 363 g/mol. The number of imidazole rings is 1. The fourth-order valence-corrected chi connectivity index (χ4v) is 4.63. The third-order valence-electron chi connectivity index (χ3n) is 6.01. The Morgan fingerprint density at radius 3 is 2.89 bits per heavy atom. The maximum absolute atomic E-state index is 13.4. The van der Waals surface area contributed by atoms with Crippen LogP contribution in [0, 0.1) is 0 Å². The van der Waals surface area contributed by atoms with Crippen LogP contribution in [-0.2, 0) is 13.6 Å². The number of aryl methyl sites for hydroxylation is 1. The summed E-state index contributed by atoms with van der Waals surface area (Å²) in [7, 11) is 2.00. The average molecular weight is 363 g/mol. The second-order valence-corrected chi connectivity index (χ2v) is 7.81. The maximum Gasteiger partial charge on any atom is 0.256 e. The van der Waals surface area contributed by atoms with E-state index in [1.807, 2.05) is 53.4 Å². The van der Waals surface area contributed by atoms with Gasteiger partial charge in [-0.2, -0.15) is 0 Å². The average Bonchev–Trinajstić information content (AvgIpc) is 3.42. The summed E-state index contributed by atoms with van der Waals surface area (Å²) in [5.74, 6) is 0.116. The molecule has 0 radical (unpaired) electrons. The van der Waals surface area contributed by atoms with Crippen LogP contribution in [0.1, 0.15) is 34.9 Å². The highest BCUT2D eigenvalue weighted by atomic mass is 16.2. The largest absolute Gasteiger partial charge is 0.350 e. The molecule has 6 heteroatoms. The molecule has 1 aromatic carbocycles. The molecule has 1 fully saturated rings. The van der Waals surface area contributed by atoms with E-state index in [4.69, 9.17) is 0 Å². The minimum atomic E-state index is 0.116. The van der Waals surface area contributed by atoms with Crippen LogP contribution >= 0.6 is 0 Å². The van der Waals surface area contributed by atoms with Gasteiger partial charge in [-0.25, -0.2) is 4.98 Å². The molecule has 0 bridgehead atoms. The van der Waals surface area contributed by atoms with Crippen molar-refractivity contribution in [3.8, 4) is 0 Å². The minimum Gasteiger partial charge on any atom is -0.350 e. The molecule has 0 spiro atoms. The lowest BCUT2D eigenvalue weighted by Gasteiger charge is -2.36. The van der Waals surface area contributed by atoms with E-state index in [9.17, 15) is 4.79 Å². The molecule has 0 N–H and O–H groups in total. The number of aromatic nitrogens is 3. The van der Waals surface area contributed by atoms with Crippen LogP contribution in [0.3, 0.4) is 0 Å². The van der Waals surface area contributed by atoms with Crippen LogP contribution in [0.15, 0.2) is 43.0 Å². The van der Waals surface area contributed by atoms with Crippen LogP contribution in [0.5, 0.6) is 0 Å². The number of nitrogens with zero attached hydrogens (tertiary/aromatic N) is 5. The highest BCUT2D eigenvalue weighted by molar-refractivity contribution is 6.07. The zero-order chi connectivity index (χ0) is 18.4. The topological polar surface area (TPSA) is 46.3 Å². The van der Waals surface area contributed by atoms with Crippen molar-refractivity contribution < 1.29 is 4.79 Å². The molecule has 4 heterocycles. The molecule has 0 saturated carbocycles. The summed E-state index contributed by atoms with van der Waals surface area (Å²) in [5.41, 5.74) is 3.01. The van der Waals surface area contributed by atoms with Crippen LogP contribution in [0.4, 0.5) is 0 Å². The van der Waals surface area contributed by atoms with Crippen LogP contribution in [-0.4, -0.2) is 56.0 Å². The van der Waals surface area contributed by atoms with Crippen LogP contribution < -0.4 is 0 Å². The van der Waals surface area contributed by atoms with Crippen molar-refractivity contribution in [2.75, 3.05) is 26.2 Å². The molecule has 5 rings (SSSR count). The number of para-hydroxylation sites is 1. The maximum atomic E-state index is 13.4. The molecule has 1 amide bonds. The third-order valence-corrected chi connectivity index (χ3v) is 6.01. The van der Waals surface area contributed by atoms with E-state index < -0.39 is 0 Å². The predicted octanol–water partition coefficient (Wildman–Crippen LogP) is 2.67. The first-order valence-corrected chi connectivity index (χ1v) is 9.77. The Labute approximate surface area is 159 Å². The van der Waals surface area contributed by atoms with Crippen molar-refractivity contribution in [2.24, 2.45) is 7.05 Å². The Hall–Kier alpha value is -2.60. The van der Waals surface area contributed by atoms with Gasteiger partial charge in [-0.1, -0.05) is 18.2 Å². The zero-order valence-electron chi connectivity index (χ0n) is 15.7. The standard InChI is InChI=1S/C21H25N5O/c1-23-14-19(18-6-2-3-7-20(18)23)21(27)25-12-16-10-22-15-26(16)17(13-25)11-24-8-4-5-9-24/h2-3,6-7,10,14-15,17H,4-5,8-9,11-13H2,1H3/t17-/m1/s1. The number of rotatable bonds is 3. The van der Waals surface area contributed by atoms with E-state index >= 15 is 0 Å². The van der Waals surface area contributed by atoms with Gasteiger partial charge in [-0.3, -0.25) is 4.79 Å². The highest BCUT2D eigenvalue weighted by Gasteiger charge is 2.31. The number of hydrogen-bond donors (Lipinski definition) is 0. The molecule has 2 aliphatic heterocycles. The Kier molecular flexibility index (Phi) is 4.01. The molecular formula is C21H25N5O. The Balaban J connectivity index is 1.45. The molecule has 27 heavy (non-hydrogen) atoms. The lowest BCUT2D eigenvalue weighted by molar-refractivity contribution is 0.0660. The molecule has 0 aliphatic carbocycles. The number of benzene rings is 1. The third kappa shape index (κ3) is 2.84. The fourth-order valence-electron chi connectivity index (χ4n) is 4.63. The van der Waals surface area contributed by atoms with Crippen molar-refractivity contribution in [1.29, 1.82) is 0 Å². The normalized spacial score (nSPS) is 20.3. The van der Waals surface area contributed by atoms with Gasteiger partial charge in [0.2, 0.25) is 0 Å². The predicted molar refractivity (Wildman–Crippen MR) is 105 cm³/mol. The summed E-state index contributed by atoms with van der Waals surface area (Å²) in [4.78, 5) is 22.3. The highest BCUT2D eigenvalue weighted by Crippen LogP contribution is 2.27. The van der Waals surface area contributed by atoms with Gasteiger partial charge in [0.25, 0.3) is 5.91 Å². The van der Waals surface area contributed by atoms with Crippen molar-refractivity contribution in [3.05, 3.63) is 54.2 Å². The van der Waals surface area contributed by atoms with Crippen LogP contribution in [0.25, 0.3) is 10.9 Å². The lowest BCUT2D eigenvalue weighted by Crippen LogP contribution is -2.44. The van der Waals surface area contributed by atoms with E-state index in [0.717, 1.165) is 48.3 Å². The van der Waals surface area contributed by atoms with Gasteiger partial charge in [0.1, 0.15) is 0 Å². The summed E-state index contributed by atoms with van der Waals surface area (Å²) in [6.45, 7) is 4.68. The van der Waals surface area contributed by atoms with Crippen molar-refractivity contribution >= 4 is 16.8 Å². The Morgan fingerprint density at radius 2 is 2.04 bits per heavy atom. The number of amides is 1. The van der Waals surface area contributed by atoms with Gasteiger partial charge in [-0.05, 0) is 32.0 Å². The zero-order valence-corrected chi connectivity index (χ0v) is 15.7. The quantitative estimate of drug-likeness (QED) is 0.719. The smallest absolute Gasteiger partial charge is 0.256 e. The molecule has 2 aliphatic rings. The van der Waals surface area contributed by atoms with Crippen molar-refractivity contribution in [2.45, 2.75) is 25.4 Å². The first kappa shape index (κ1) is 16.6. The summed E-state index contributed by atoms with van der Waals surface area (Å²) >= 11 is 0. The molecule has 3 aromatic rings. The fraction of sp³-hybridized carbons (Fsp3) is 0.429. The lowest BCUT2D eigenvalue weighted by atomic mass is 10.1. The number of hydrogen-bond acceptors (Lipinski definition) is 3. The van der Waals surface area contributed by atoms with Gasteiger partial charge < -0.3 is 18.9 Å². The van der Waals surface area contributed by atoms with E-state index in [-0.39, 0.29) is 11.9 Å². The SMILES string of the molecule is Cn1cc(C(=O)N2Cc3cncn3[C@H](CN3CCCC3)C2)c2ccccc21. The van der Waals surface area contributed by atoms with Gasteiger partial charge in [-0.15, -0.1) is 0 Å². The molecule has 2 aromatic heterocycles. The summed E-state index contributed by atoms with van der Waals surface area (Å²) < 4.78 is 4.31. The van der Waals surface area contributed by atoms with E-state index in [2.05, 4.69) is 20.5 Å². The second-order valence-electron chi connectivity index (χ2n) is 7.81. The number of carbonyl (C=O) groups is 1. The minimum absolute atomic E-state index is 0.116. The molecule has 140 valence electrons. The first-order valence-electron chi connectivity index (χ1n) is 9.77. The molecule has 1 atom stereocenters. The van der Waals surface area contributed by atoms with Gasteiger partial charge in [0.05, 0.1) is 30.2 Å². The summed E-state index contributed by atoms with van der Waals surface area (Å²) in [6.07, 6.45) is 8.36. The van der Waals surface area contributed by atoms with Gasteiger partial charge in [0, 0.05) is 43.4 Å². The van der Waals surface area contributed by atoms with Gasteiger partial charge in [0.15, 0.2) is 0 Å². The first-order chi connectivity index (χ1) is 13.2. The van der Waals surface area contributed by atoms with Gasteiger partial charge >= 0.3 is 0 Å². The summed E-state index contributed by atoms with van der Waals surface area (Å²) in [5, 5.41) is 1.03. The second kappa shape index (κ2) is 6.53. The Bertz CT molecular complexity index is 982. The number of likely N-dealkylation sites (tertiary alicyclic amines) is 1. The number of carbonyl (C=O) groups excluding carboxylic acids is 1. The molecule has 0 unspecified atom stereocenters. The van der Waals surface area contributed by atoms with Crippen molar-refractivity contribution in [1.82, 2.24) is 23.9 Å². The molecule has 6 nitrogen and oxygen atoms in total. The van der Waals surface area contributed by atoms with E-state index in [0.29, 0.717) is 6.54 Å².